The summed E-state index contributed by atoms with van der Waals surface area (Å²) in [5, 5.41) is 6.72. The molecule has 0 aliphatic heterocycles. The second-order valence-electron chi connectivity index (χ2n) is 13.0. The van der Waals surface area contributed by atoms with Crippen molar-refractivity contribution in [1.82, 2.24) is 19.9 Å². The molecule has 236 valence electrons. The lowest BCUT2D eigenvalue weighted by Gasteiger charge is -2.14. The van der Waals surface area contributed by atoms with Crippen LogP contribution in [0.1, 0.15) is 0 Å². The van der Waals surface area contributed by atoms with E-state index in [1.165, 1.54) is 22.1 Å². The highest BCUT2D eigenvalue weighted by atomic mass is 16.3. The molecule has 0 saturated carbocycles. The van der Waals surface area contributed by atoms with Gasteiger partial charge in [0.05, 0.1) is 0 Å². The lowest BCUT2D eigenvalue weighted by atomic mass is 9.93. The van der Waals surface area contributed by atoms with Gasteiger partial charge in [0.1, 0.15) is 11.2 Å². The molecular formula is C46H26N4O. The van der Waals surface area contributed by atoms with Crippen LogP contribution in [-0.2, 0) is 0 Å². The monoisotopic (exact) mass is 650 g/mol. The van der Waals surface area contributed by atoms with Gasteiger partial charge in [-0.3, -0.25) is 4.98 Å². The molecular weight excluding hydrogens is 625 g/mol. The van der Waals surface area contributed by atoms with Crippen LogP contribution in [0, 0.1) is 0 Å². The third-order valence-corrected chi connectivity index (χ3v) is 10.2. The van der Waals surface area contributed by atoms with E-state index in [0.717, 1.165) is 71.5 Å². The standard InChI is InChI=1S/C46H26N4O/c1-2-10-27(11-3-1)44-48-45(50-46(49-44)37-23-22-35-39-26-47-25-24-31(39)32-16-8-17-34(37)42(32)35)36-19-7-13-28-29(14-6-15-30(28)36)33-18-9-21-41-43(33)38-12-4-5-20-40(38)51-41/h1-26H. The van der Waals surface area contributed by atoms with E-state index in [9.17, 15) is 0 Å². The Balaban J connectivity index is 1.15. The number of benzene rings is 7. The topological polar surface area (TPSA) is 64.7 Å². The average molecular weight is 651 g/mol. The summed E-state index contributed by atoms with van der Waals surface area (Å²) < 4.78 is 6.27. The van der Waals surface area contributed by atoms with E-state index in [0.29, 0.717) is 17.5 Å². The summed E-state index contributed by atoms with van der Waals surface area (Å²) in [6.07, 6.45) is 3.82. The van der Waals surface area contributed by atoms with Gasteiger partial charge >= 0.3 is 0 Å². The van der Waals surface area contributed by atoms with Crippen molar-refractivity contribution in [3.63, 3.8) is 0 Å². The smallest absolute Gasteiger partial charge is 0.164 e. The second kappa shape index (κ2) is 10.8. The van der Waals surface area contributed by atoms with Gasteiger partial charge in [0, 0.05) is 45.4 Å². The first kappa shape index (κ1) is 27.9. The summed E-state index contributed by atoms with van der Waals surface area (Å²) in [7, 11) is 0. The molecule has 0 N–H and O–H groups in total. The number of hydrogen-bond donors (Lipinski definition) is 0. The Morgan fingerprint density at radius 2 is 0.902 bits per heavy atom. The molecule has 51 heavy (non-hydrogen) atoms. The summed E-state index contributed by atoms with van der Waals surface area (Å²) >= 11 is 0. The van der Waals surface area contributed by atoms with Crippen LogP contribution in [0.2, 0.25) is 0 Å². The number of nitrogens with zero attached hydrogens (tertiary/aromatic N) is 4. The van der Waals surface area contributed by atoms with Gasteiger partial charge in [-0.25, -0.2) is 15.0 Å². The fourth-order valence-electron chi connectivity index (χ4n) is 7.97. The quantitative estimate of drug-likeness (QED) is 0.190. The van der Waals surface area contributed by atoms with E-state index in [1.807, 2.05) is 48.8 Å². The zero-order valence-electron chi connectivity index (χ0n) is 27.2. The number of furan rings is 1. The highest BCUT2D eigenvalue weighted by Crippen LogP contribution is 2.49. The van der Waals surface area contributed by atoms with E-state index in [-0.39, 0.29) is 0 Å². The van der Waals surface area contributed by atoms with Crippen LogP contribution in [0.5, 0.6) is 0 Å². The Morgan fingerprint density at radius 1 is 0.333 bits per heavy atom. The van der Waals surface area contributed by atoms with Gasteiger partial charge in [0.15, 0.2) is 17.5 Å². The molecule has 3 heterocycles. The molecule has 0 bridgehead atoms. The summed E-state index contributed by atoms with van der Waals surface area (Å²) in [6, 6.07) is 50.5. The highest BCUT2D eigenvalue weighted by molar-refractivity contribution is 6.19. The van der Waals surface area contributed by atoms with Crippen molar-refractivity contribution >= 4 is 43.5 Å². The zero-order chi connectivity index (χ0) is 33.5. The molecule has 1 aliphatic rings. The molecule has 7 aromatic carbocycles. The van der Waals surface area contributed by atoms with Crippen LogP contribution in [0.15, 0.2) is 162 Å². The first-order valence-electron chi connectivity index (χ1n) is 17.1. The van der Waals surface area contributed by atoms with Crippen molar-refractivity contribution in [2.24, 2.45) is 0 Å². The third kappa shape index (κ3) is 4.15. The summed E-state index contributed by atoms with van der Waals surface area (Å²) in [5.41, 5.74) is 11.6. The largest absolute Gasteiger partial charge is 0.456 e. The average Bonchev–Trinajstić information content (AvgIpc) is 3.75. The number of para-hydroxylation sites is 1. The van der Waals surface area contributed by atoms with Gasteiger partial charge in [-0.2, -0.15) is 0 Å². The molecule has 5 heteroatoms. The Morgan fingerprint density at radius 3 is 1.75 bits per heavy atom. The predicted octanol–water partition coefficient (Wildman–Crippen LogP) is 11.8. The van der Waals surface area contributed by atoms with Gasteiger partial charge in [0.2, 0.25) is 0 Å². The van der Waals surface area contributed by atoms with Crippen molar-refractivity contribution in [2.45, 2.75) is 0 Å². The summed E-state index contributed by atoms with van der Waals surface area (Å²) in [5.74, 6) is 1.90. The summed E-state index contributed by atoms with van der Waals surface area (Å²) in [4.78, 5) is 20.0. The summed E-state index contributed by atoms with van der Waals surface area (Å²) in [6.45, 7) is 0. The van der Waals surface area contributed by atoms with E-state index < -0.39 is 0 Å². The fraction of sp³-hybridized carbons (Fsp3) is 0. The zero-order valence-corrected chi connectivity index (χ0v) is 27.2. The molecule has 0 radical (unpaired) electrons. The molecule has 11 rings (SSSR count). The number of aromatic nitrogens is 4. The molecule has 0 amide bonds. The van der Waals surface area contributed by atoms with Crippen molar-refractivity contribution < 1.29 is 4.42 Å². The normalized spacial score (nSPS) is 11.9. The SMILES string of the molecule is c1ccc(-c2nc(-c3cccc4c(-c5cccc6oc7ccccc7c56)cccc34)nc(-c3ccc4c5c(cccc35)-c3ccncc3-4)n2)cc1. The lowest BCUT2D eigenvalue weighted by molar-refractivity contribution is 0.669. The van der Waals surface area contributed by atoms with E-state index >= 15 is 0 Å². The molecule has 0 fully saturated rings. The van der Waals surface area contributed by atoms with Gasteiger partial charge < -0.3 is 4.42 Å². The second-order valence-corrected chi connectivity index (χ2v) is 13.0. The molecule has 0 atom stereocenters. The Bertz CT molecular complexity index is 3010. The molecule has 5 nitrogen and oxygen atoms in total. The Labute approximate surface area is 292 Å². The predicted molar refractivity (Wildman–Crippen MR) is 206 cm³/mol. The van der Waals surface area contributed by atoms with E-state index in [4.69, 9.17) is 19.4 Å². The van der Waals surface area contributed by atoms with Gasteiger partial charge in [0.25, 0.3) is 0 Å². The minimum Gasteiger partial charge on any atom is -0.456 e. The van der Waals surface area contributed by atoms with Crippen LogP contribution < -0.4 is 0 Å². The molecule has 10 aromatic rings. The Kier molecular flexibility index (Phi) is 5.89. The number of fused-ring (bicyclic) bond motifs is 7. The molecule has 3 aromatic heterocycles. The lowest BCUT2D eigenvalue weighted by Crippen LogP contribution is -2.01. The van der Waals surface area contributed by atoms with E-state index in [1.54, 1.807) is 0 Å². The van der Waals surface area contributed by atoms with Crippen LogP contribution in [0.4, 0.5) is 0 Å². The highest BCUT2D eigenvalue weighted by Gasteiger charge is 2.24. The van der Waals surface area contributed by atoms with Gasteiger partial charge in [-0.15, -0.1) is 0 Å². The van der Waals surface area contributed by atoms with Crippen molar-refractivity contribution in [2.75, 3.05) is 0 Å². The van der Waals surface area contributed by atoms with Gasteiger partial charge in [-0.1, -0.05) is 121 Å². The maximum absolute atomic E-state index is 6.27. The molecule has 0 unspecified atom stereocenters. The van der Waals surface area contributed by atoms with Crippen LogP contribution >= 0.6 is 0 Å². The van der Waals surface area contributed by atoms with Crippen LogP contribution in [-0.4, -0.2) is 19.9 Å². The first-order valence-corrected chi connectivity index (χ1v) is 17.1. The number of rotatable bonds is 4. The molecule has 0 spiro atoms. The van der Waals surface area contributed by atoms with Crippen molar-refractivity contribution in [3.8, 4) is 67.5 Å². The minimum absolute atomic E-state index is 0.629. The minimum atomic E-state index is 0.629. The molecule has 1 aliphatic carbocycles. The maximum atomic E-state index is 6.27. The number of pyridine rings is 1. The van der Waals surface area contributed by atoms with Gasteiger partial charge in [-0.05, 0) is 73.6 Å². The third-order valence-electron chi connectivity index (χ3n) is 10.2. The maximum Gasteiger partial charge on any atom is 0.164 e. The van der Waals surface area contributed by atoms with E-state index in [2.05, 4.69) is 114 Å². The molecule has 0 saturated heterocycles. The van der Waals surface area contributed by atoms with Crippen molar-refractivity contribution in [1.29, 1.82) is 0 Å². The fourth-order valence-corrected chi connectivity index (χ4v) is 7.97. The Hall–Kier alpha value is -6.98. The number of hydrogen-bond acceptors (Lipinski definition) is 5. The van der Waals surface area contributed by atoms with Crippen LogP contribution in [0.3, 0.4) is 0 Å². The first-order chi connectivity index (χ1) is 25.3. The van der Waals surface area contributed by atoms with Crippen molar-refractivity contribution in [3.05, 3.63) is 158 Å². The van der Waals surface area contributed by atoms with Crippen LogP contribution in [0.25, 0.3) is 111 Å².